The van der Waals surface area contributed by atoms with Crippen LogP contribution in [0.5, 0.6) is 0 Å². The molecule has 0 unspecified atom stereocenters. The van der Waals surface area contributed by atoms with Crippen LogP contribution in [0.25, 0.3) is 55.0 Å². The van der Waals surface area contributed by atoms with Gasteiger partial charge in [-0.2, -0.15) is 0 Å². The van der Waals surface area contributed by atoms with E-state index in [4.69, 9.17) is 4.42 Å². The van der Waals surface area contributed by atoms with Crippen LogP contribution in [0, 0.1) is 0 Å². The molecule has 2 aliphatic heterocycles. The number of furan rings is 1. The Morgan fingerprint density at radius 2 is 0.875 bits per heavy atom. The standard InChI is InChI=1S/C52H33BN2O/c1-3-15-36(16-4-1)54-44-24-11-10-23-43(44)53-51-38(22-13-25-45(51)55(37-17-5-2-6-18-37)47-27-14-26-46(54)52(47)53)34-29-31-35(32-30-34)42-33-49-50(40-20-8-7-19-39(40)42)41-21-9-12-28-48(41)56-49/h1-33H. The van der Waals surface area contributed by atoms with Crippen molar-refractivity contribution >= 4 is 89.9 Å². The number of benzene rings is 9. The van der Waals surface area contributed by atoms with Gasteiger partial charge in [-0.3, -0.25) is 0 Å². The number of para-hydroxylation sites is 4. The lowest BCUT2D eigenvalue weighted by Crippen LogP contribution is -2.61. The second kappa shape index (κ2) is 12.1. The van der Waals surface area contributed by atoms with E-state index in [1.165, 1.54) is 72.0 Å². The van der Waals surface area contributed by atoms with E-state index in [0.717, 1.165) is 33.5 Å². The second-order valence-corrected chi connectivity index (χ2v) is 14.8. The first-order chi connectivity index (χ1) is 27.8. The minimum absolute atomic E-state index is 0.0302. The molecule has 0 atom stereocenters. The minimum atomic E-state index is 0.0302. The van der Waals surface area contributed by atoms with Crippen LogP contribution in [-0.4, -0.2) is 6.71 Å². The van der Waals surface area contributed by atoms with E-state index in [2.05, 4.69) is 204 Å². The zero-order valence-electron chi connectivity index (χ0n) is 30.4. The van der Waals surface area contributed by atoms with Crippen LogP contribution in [0.3, 0.4) is 0 Å². The Bertz CT molecular complexity index is 3140. The first kappa shape index (κ1) is 31.1. The van der Waals surface area contributed by atoms with Crippen LogP contribution >= 0.6 is 0 Å². The van der Waals surface area contributed by atoms with E-state index in [9.17, 15) is 0 Å². The number of hydrogen-bond donors (Lipinski definition) is 0. The van der Waals surface area contributed by atoms with Crippen molar-refractivity contribution in [2.45, 2.75) is 0 Å². The average Bonchev–Trinajstić information content (AvgIpc) is 3.65. The highest BCUT2D eigenvalue weighted by Gasteiger charge is 2.44. The molecule has 12 rings (SSSR count). The minimum Gasteiger partial charge on any atom is -0.456 e. The summed E-state index contributed by atoms with van der Waals surface area (Å²) in [4.78, 5) is 4.91. The first-order valence-corrected chi connectivity index (χ1v) is 19.3. The zero-order chi connectivity index (χ0) is 36.7. The summed E-state index contributed by atoms with van der Waals surface area (Å²) in [6.07, 6.45) is 0. The first-order valence-electron chi connectivity index (χ1n) is 19.3. The molecule has 0 spiro atoms. The van der Waals surface area contributed by atoms with Gasteiger partial charge >= 0.3 is 0 Å². The van der Waals surface area contributed by atoms with Crippen LogP contribution in [0.4, 0.5) is 34.1 Å². The maximum Gasteiger partial charge on any atom is 0.252 e. The van der Waals surface area contributed by atoms with Gasteiger partial charge < -0.3 is 14.2 Å². The normalized spacial score (nSPS) is 12.9. The lowest BCUT2D eigenvalue weighted by atomic mass is 9.32. The van der Waals surface area contributed by atoms with Crippen molar-refractivity contribution < 1.29 is 4.42 Å². The Hall–Kier alpha value is -7.30. The van der Waals surface area contributed by atoms with E-state index in [1.807, 2.05) is 6.07 Å². The van der Waals surface area contributed by atoms with Gasteiger partial charge in [-0.05, 0) is 110 Å². The molecular weight excluding hydrogens is 679 g/mol. The van der Waals surface area contributed by atoms with Crippen molar-refractivity contribution in [2.75, 3.05) is 9.80 Å². The largest absolute Gasteiger partial charge is 0.456 e. The summed E-state index contributed by atoms with van der Waals surface area (Å²) in [6, 6.07) is 72.7. The highest BCUT2D eigenvalue weighted by molar-refractivity contribution is 7.01. The molecule has 0 radical (unpaired) electrons. The number of anilines is 6. The van der Waals surface area contributed by atoms with E-state index in [-0.39, 0.29) is 6.71 Å². The number of nitrogens with zero attached hydrogens (tertiary/aromatic N) is 2. The van der Waals surface area contributed by atoms with E-state index in [0.29, 0.717) is 0 Å². The molecule has 56 heavy (non-hydrogen) atoms. The van der Waals surface area contributed by atoms with Crippen LogP contribution < -0.4 is 26.2 Å². The Kier molecular flexibility index (Phi) is 6.72. The highest BCUT2D eigenvalue weighted by Crippen LogP contribution is 2.45. The van der Waals surface area contributed by atoms with Crippen molar-refractivity contribution in [1.82, 2.24) is 0 Å². The molecule has 0 fully saturated rings. The third-order valence-corrected chi connectivity index (χ3v) is 11.9. The maximum atomic E-state index is 6.45. The van der Waals surface area contributed by atoms with Gasteiger partial charge in [0.25, 0.3) is 6.71 Å². The molecule has 0 saturated heterocycles. The van der Waals surface area contributed by atoms with E-state index >= 15 is 0 Å². The van der Waals surface area contributed by atoms with Gasteiger partial charge in [0.1, 0.15) is 11.2 Å². The molecule has 260 valence electrons. The summed E-state index contributed by atoms with van der Waals surface area (Å²) in [5.74, 6) is 0. The molecule has 0 aliphatic carbocycles. The summed E-state index contributed by atoms with van der Waals surface area (Å²) in [5, 5.41) is 4.76. The Morgan fingerprint density at radius 3 is 1.59 bits per heavy atom. The fourth-order valence-corrected chi connectivity index (χ4v) is 9.55. The molecule has 0 saturated carbocycles. The van der Waals surface area contributed by atoms with Crippen LogP contribution in [-0.2, 0) is 0 Å². The van der Waals surface area contributed by atoms with Crippen molar-refractivity contribution in [3.05, 3.63) is 200 Å². The molecule has 3 nitrogen and oxygen atoms in total. The third-order valence-electron chi connectivity index (χ3n) is 11.9. The monoisotopic (exact) mass is 712 g/mol. The van der Waals surface area contributed by atoms with Crippen LogP contribution in [0.1, 0.15) is 0 Å². The number of hydrogen-bond acceptors (Lipinski definition) is 3. The van der Waals surface area contributed by atoms with Gasteiger partial charge in [0.05, 0.1) is 0 Å². The van der Waals surface area contributed by atoms with Crippen molar-refractivity contribution in [2.24, 2.45) is 0 Å². The van der Waals surface area contributed by atoms with E-state index in [1.54, 1.807) is 0 Å². The van der Waals surface area contributed by atoms with Gasteiger partial charge in [0, 0.05) is 44.9 Å². The van der Waals surface area contributed by atoms with Crippen LogP contribution in [0.15, 0.2) is 205 Å². The molecule has 10 aromatic rings. The van der Waals surface area contributed by atoms with Gasteiger partial charge in [-0.15, -0.1) is 0 Å². The maximum absolute atomic E-state index is 6.45. The van der Waals surface area contributed by atoms with Gasteiger partial charge in [-0.25, -0.2) is 0 Å². The summed E-state index contributed by atoms with van der Waals surface area (Å²) >= 11 is 0. The molecule has 3 heterocycles. The van der Waals surface area contributed by atoms with Crippen molar-refractivity contribution in [3.8, 4) is 22.3 Å². The molecular formula is C52H33BN2O. The van der Waals surface area contributed by atoms with E-state index < -0.39 is 0 Å². The van der Waals surface area contributed by atoms with Crippen molar-refractivity contribution in [3.63, 3.8) is 0 Å². The predicted octanol–water partition coefficient (Wildman–Crippen LogP) is 12.2. The summed E-state index contributed by atoms with van der Waals surface area (Å²) in [6.45, 7) is 0.0302. The quantitative estimate of drug-likeness (QED) is 0.169. The molecule has 2 aliphatic rings. The Labute approximate surface area is 325 Å². The van der Waals surface area contributed by atoms with Crippen LogP contribution in [0.2, 0.25) is 0 Å². The summed E-state index contributed by atoms with van der Waals surface area (Å²) < 4.78 is 6.45. The topological polar surface area (TPSA) is 19.6 Å². The second-order valence-electron chi connectivity index (χ2n) is 14.8. The lowest BCUT2D eigenvalue weighted by molar-refractivity contribution is 0.669. The predicted molar refractivity (Wildman–Crippen MR) is 236 cm³/mol. The lowest BCUT2D eigenvalue weighted by Gasteiger charge is -2.44. The average molecular weight is 713 g/mol. The van der Waals surface area contributed by atoms with Gasteiger partial charge in [0.15, 0.2) is 0 Å². The molecule has 9 aromatic carbocycles. The fraction of sp³-hybridized carbons (Fsp3) is 0. The fourth-order valence-electron chi connectivity index (χ4n) is 9.55. The number of fused-ring (bicyclic) bond motifs is 9. The third kappa shape index (κ3) is 4.47. The van der Waals surface area contributed by atoms with Gasteiger partial charge in [-0.1, -0.05) is 140 Å². The smallest absolute Gasteiger partial charge is 0.252 e. The zero-order valence-corrected chi connectivity index (χ0v) is 30.4. The Morgan fingerprint density at radius 1 is 0.357 bits per heavy atom. The van der Waals surface area contributed by atoms with Crippen molar-refractivity contribution in [1.29, 1.82) is 0 Å². The summed E-state index contributed by atoms with van der Waals surface area (Å²) in [7, 11) is 0. The molecule has 0 N–H and O–H groups in total. The highest BCUT2D eigenvalue weighted by atomic mass is 16.3. The molecule has 4 heteroatoms. The number of rotatable bonds is 4. The molecule has 0 bridgehead atoms. The molecule has 1 aromatic heterocycles. The van der Waals surface area contributed by atoms with Gasteiger partial charge in [0.2, 0.25) is 0 Å². The summed E-state index contributed by atoms with van der Waals surface area (Å²) in [5.41, 5.74) is 17.7. The SMILES string of the molecule is c1ccc(N2c3ccccc3B3c4c(-c5ccc(-c6cc7oc8ccccc8c7c7ccccc67)cc5)cccc4N(c4ccccc4)c4cccc2c43)cc1. The molecule has 0 amide bonds. The Balaban J connectivity index is 1.07.